The van der Waals surface area contributed by atoms with Crippen LogP contribution in [0, 0.1) is 5.92 Å². The van der Waals surface area contributed by atoms with Gasteiger partial charge in [0, 0.05) is 23.9 Å². The van der Waals surface area contributed by atoms with Gasteiger partial charge in [-0.25, -0.2) is 0 Å². The van der Waals surface area contributed by atoms with E-state index in [1.807, 2.05) is 61.5 Å². The summed E-state index contributed by atoms with van der Waals surface area (Å²) in [7, 11) is 0. The van der Waals surface area contributed by atoms with Crippen molar-refractivity contribution in [3.05, 3.63) is 70.7 Å². The van der Waals surface area contributed by atoms with E-state index in [9.17, 15) is 9.59 Å². The van der Waals surface area contributed by atoms with Crippen molar-refractivity contribution in [2.45, 2.75) is 45.5 Å². The number of hydrogen-bond donors (Lipinski definition) is 1. The number of benzene rings is 2. The molecule has 1 N–H and O–H groups in total. The number of halogens is 1. The van der Waals surface area contributed by atoms with Crippen LogP contribution in [0.15, 0.2) is 54.6 Å². The SMILES string of the molecule is CC[C@@H](C(=O)NCC(C)C)N(Cc1ccccc1)C(=O)CSCc1cccc(Cl)c1. The molecule has 6 heteroatoms. The molecular weight excluding hydrogens is 416 g/mol. The van der Waals surface area contributed by atoms with Crippen LogP contribution in [0.2, 0.25) is 5.02 Å². The van der Waals surface area contributed by atoms with Gasteiger partial charge in [-0.3, -0.25) is 9.59 Å². The van der Waals surface area contributed by atoms with Crippen LogP contribution in [0.3, 0.4) is 0 Å². The van der Waals surface area contributed by atoms with E-state index in [2.05, 4.69) is 19.2 Å². The van der Waals surface area contributed by atoms with E-state index in [1.54, 1.807) is 4.90 Å². The molecule has 0 saturated heterocycles. The minimum atomic E-state index is -0.483. The number of carbonyl (C=O) groups is 2. The Morgan fingerprint density at radius 3 is 2.40 bits per heavy atom. The first-order chi connectivity index (χ1) is 14.4. The van der Waals surface area contributed by atoms with Crippen LogP contribution < -0.4 is 5.32 Å². The Labute approximate surface area is 189 Å². The lowest BCUT2D eigenvalue weighted by molar-refractivity contribution is -0.139. The van der Waals surface area contributed by atoms with Crippen LogP contribution in [-0.4, -0.2) is 35.1 Å². The zero-order valence-electron chi connectivity index (χ0n) is 17.9. The number of rotatable bonds is 11. The molecule has 0 fully saturated rings. The predicted octanol–water partition coefficient (Wildman–Crippen LogP) is 5.15. The van der Waals surface area contributed by atoms with Gasteiger partial charge in [0.1, 0.15) is 6.04 Å². The van der Waals surface area contributed by atoms with E-state index in [-0.39, 0.29) is 11.8 Å². The fourth-order valence-electron chi connectivity index (χ4n) is 3.09. The normalized spacial score (nSPS) is 11.9. The van der Waals surface area contributed by atoms with Crippen molar-refractivity contribution in [1.29, 1.82) is 0 Å². The predicted molar refractivity (Wildman–Crippen MR) is 127 cm³/mol. The molecule has 0 unspecified atom stereocenters. The van der Waals surface area contributed by atoms with Crippen molar-refractivity contribution in [2.24, 2.45) is 5.92 Å². The molecular formula is C24H31ClN2O2S. The summed E-state index contributed by atoms with van der Waals surface area (Å²) >= 11 is 7.58. The van der Waals surface area contributed by atoms with Crippen molar-refractivity contribution in [3.8, 4) is 0 Å². The number of hydrogen-bond acceptors (Lipinski definition) is 3. The van der Waals surface area contributed by atoms with Gasteiger partial charge in [-0.1, -0.05) is 74.8 Å². The molecule has 2 amide bonds. The maximum atomic E-state index is 13.1. The van der Waals surface area contributed by atoms with Gasteiger partial charge in [0.25, 0.3) is 0 Å². The van der Waals surface area contributed by atoms with Crippen LogP contribution >= 0.6 is 23.4 Å². The van der Waals surface area contributed by atoms with E-state index < -0.39 is 6.04 Å². The van der Waals surface area contributed by atoms with E-state index in [1.165, 1.54) is 11.8 Å². The quantitative estimate of drug-likeness (QED) is 0.519. The van der Waals surface area contributed by atoms with Crippen molar-refractivity contribution in [2.75, 3.05) is 12.3 Å². The second-order valence-corrected chi connectivity index (χ2v) is 9.12. The van der Waals surface area contributed by atoms with Gasteiger partial charge in [0.2, 0.25) is 11.8 Å². The molecule has 2 aromatic rings. The van der Waals surface area contributed by atoms with Gasteiger partial charge in [-0.05, 0) is 35.6 Å². The van der Waals surface area contributed by atoms with Crippen LogP contribution in [0.4, 0.5) is 0 Å². The molecule has 0 aromatic heterocycles. The highest BCUT2D eigenvalue weighted by Gasteiger charge is 2.28. The fraction of sp³-hybridized carbons (Fsp3) is 0.417. The number of nitrogens with one attached hydrogen (secondary N) is 1. The van der Waals surface area contributed by atoms with E-state index >= 15 is 0 Å². The Morgan fingerprint density at radius 2 is 1.77 bits per heavy atom. The standard InChI is InChI=1S/C24H31ClN2O2S/c1-4-22(24(29)26-14-18(2)3)27(15-19-9-6-5-7-10-19)23(28)17-30-16-20-11-8-12-21(25)13-20/h5-13,18,22H,4,14-17H2,1-3H3,(H,26,29)/t22-/m0/s1. The Morgan fingerprint density at radius 1 is 1.07 bits per heavy atom. The molecule has 4 nitrogen and oxygen atoms in total. The van der Waals surface area contributed by atoms with Crippen molar-refractivity contribution in [1.82, 2.24) is 10.2 Å². The fourth-order valence-corrected chi connectivity index (χ4v) is 4.16. The third-order valence-corrected chi connectivity index (χ3v) is 5.87. The lowest BCUT2D eigenvalue weighted by Crippen LogP contribution is -2.50. The highest BCUT2D eigenvalue weighted by atomic mass is 35.5. The third kappa shape index (κ3) is 8.04. The highest BCUT2D eigenvalue weighted by molar-refractivity contribution is 7.99. The molecule has 0 heterocycles. The Balaban J connectivity index is 2.08. The Hall–Kier alpha value is -1.98. The smallest absolute Gasteiger partial charge is 0.242 e. The third-order valence-electron chi connectivity index (χ3n) is 4.65. The summed E-state index contributed by atoms with van der Waals surface area (Å²) in [6.07, 6.45) is 0.571. The van der Waals surface area contributed by atoms with Gasteiger partial charge in [-0.2, -0.15) is 0 Å². The zero-order valence-corrected chi connectivity index (χ0v) is 19.5. The number of nitrogens with zero attached hydrogens (tertiary/aromatic N) is 1. The minimum absolute atomic E-state index is 0.0302. The first-order valence-electron chi connectivity index (χ1n) is 10.3. The summed E-state index contributed by atoms with van der Waals surface area (Å²) in [5.41, 5.74) is 2.09. The second kappa shape index (κ2) is 12.7. The molecule has 0 saturated carbocycles. The second-order valence-electron chi connectivity index (χ2n) is 7.69. The van der Waals surface area contributed by atoms with Crippen LogP contribution in [-0.2, 0) is 21.9 Å². The lowest BCUT2D eigenvalue weighted by atomic mass is 10.1. The summed E-state index contributed by atoms with van der Waals surface area (Å²) in [6, 6.07) is 17.0. The molecule has 0 spiro atoms. The van der Waals surface area contributed by atoms with Gasteiger partial charge in [0.15, 0.2) is 0 Å². The highest BCUT2D eigenvalue weighted by Crippen LogP contribution is 2.19. The molecule has 0 radical (unpaired) electrons. The first-order valence-corrected chi connectivity index (χ1v) is 11.9. The topological polar surface area (TPSA) is 49.4 Å². The molecule has 0 aliphatic rings. The average Bonchev–Trinajstić information content (AvgIpc) is 2.72. The van der Waals surface area contributed by atoms with Crippen LogP contribution in [0.5, 0.6) is 0 Å². The van der Waals surface area contributed by atoms with E-state index in [0.717, 1.165) is 11.1 Å². The number of carbonyl (C=O) groups excluding carboxylic acids is 2. The largest absolute Gasteiger partial charge is 0.354 e. The average molecular weight is 447 g/mol. The first kappa shape index (κ1) is 24.3. The van der Waals surface area contributed by atoms with Crippen molar-refractivity contribution in [3.63, 3.8) is 0 Å². The summed E-state index contributed by atoms with van der Waals surface area (Å²) in [5.74, 6) is 1.25. The number of thioether (sulfide) groups is 1. The van der Waals surface area contributed by atoms with Gasteiger partial charge in [-0.15, -0.1) is 11.8 Å². The maximum absolute atomic E-state index is 13.1. The Kier molecular flexibility index (Phi) is 10.2. The maximum Gasteiger partial charge on any atom is 0.242 e. The van der Waals surface area contributed by atoms with E-state index in [0.29, 0.717) is 42.0 Å². The number of amides is 2. The molecule has 0 aliphatic heterocycles. The monoisotopic (exact) mass is 446 g/mol. The van der Waals surface area contributed by atoms with Gasteiger partial charge >= 0.3 is 0 Å². The van der Waals surface area contributed by atoms with Crippen LogP contribution in [0.1, 0.15) is 38.3 Å². The summed E-state index contributed by atoms with van der Waals surface area (Å²) in [6.45, 7) is 7.09. The van der Waals surface area contributed by atoms with Crippen LogP contribution in [0.25, 0.3) is 0 Å². The molecule has 30 heavy (non-hydrogen) atoms. The summed E-state index contributed by atoms with van der Waals surface area (Å²) in [5, 5.41) is 3.68. The van der Waals surface area contributed by atoms with Gasteiger partial charge < -0.3 is 10.2 Å². The molecule has 1 atom stereocenters. The Bertz CT molecular complexity index is 814. The molecule has 2 aromatic carbocycles. The summed E-state index contributed by atoms with van der Waals surface area (Å²) < 4.78 is 0. The molecule has 162 valence electrons. The minimum Gasteiger partial charge on any atom is -0.354 e. The summed E-state index contributed by atoms with van der Waals surface area (Å²) in [4.78, 5) is 27.7. The van der Waals surface area contributed by atoms with Crippen molar-refractivity contribution < 1.29 is 9.59 Å². The van der Waals surface area contributed by atoms with Crippen molar-refractivity contribution >= 4 is 35.2 Å². The zero-order chi connectivity index (χ0) is 21.9. The van der Waals surface area contributed by atoms with Gasteiger partial charge in [0.05, 0.1) is 5.75 Å². The lowest BCUT2D eigenvalue weighted by Gasteiger charge is -2.31. The molecule has 2 rings (SSSR count). The molecule has 0 aliphatic carbocycles. The van der Waals surface area contributed by atoms with E-state index in [4.69, 9.17) is 11.6 Å². The molecule has 0 bridgehead atoms.